The van der Waals surface area contributed by atoms with Gasteiger partial charge in [0.15, 0.2) is 5.78 Å². The fourth-order valence-corrected chi connectivity index (χ4v) is 3.76. The molecule has 1 heterocycles. The number of amides is 1. The molecule has 3 rings (SSSR count). The first-order valence-electron chi connectivity index (χ1n) is 9.72. The smallest absolute Gasteiger partial charge is 0.235 e. The van der Waals surface area contributed by atoms with Crippen LogP contribution in [0.1, 0.15) is 35.1 Å². The molecule has 0 bridgehead atoms. The molecule has 0 saturated carbocycles. The number of rotatable bonds is 7. The topological polar surface area (TPSA) is 68.2 Å². The number of hydrogen-bond acceptors (Lipinski definition) is 3. The van der Waals surface area contributed by atoms with Crippen molar-refractivity contribution in [3.63, 3.8) is 0 Å². The van der Waals surface area contributed by atoms with Gasteiger partial charge < -0.3 is 9.88 Å². The highest BCUT2D eigenvalue weighted by atomic mass is 35.5. The summed E-state index contributed by atoms with van der Waals surface area (Å²) < 4.78 is 1.94. The molecule has 0 spiro atoms. The van der Waals surface area contributed by atoms with Crippen molar-refractivity contribution in [2.75, 3.05) is 5.32 Å². The minimum atomic E-state index is -1.08. The molecule has 1 atom stereocenters. The third-order valence-electron chi connectivity index (χ3n) is 5.12. The van der Waals surface area contributed by atoms with Crippen LogP contribution in [0.2, 0.25) is 10.0 Å². The first kappa shape index (κ1) is 22.8. The van der Waals surface area contributed by atoms with Crippen molar-refractivity contribution < 1.29 is 14.4 Å². The SMILES string of the molecule is CC(=O)[C@@H](CC(=O)c1cc(C)n(-c2ccc(Cl)cc2)c1C)C(=O)Nc1ccc(Cl)cc1. The number of benzene rings is 2. The minimum absolute atomic E-state index is 0.209. The number of halogens is 2. The minimum Gasteiger partial charge on any atom is -0.325 e. The zero-order valence-corrected chi connectivity index (χ0v) is 18.9. The summed E-state index contributed by atoms with van der Waals surface area (Å²) >= 11 is 11.8. The molecule has 160 valence electrons. The fourth-order valence-electron chi connectivity index (χ4n) is 3.51. The average molecular weight is 457 g/mol. The Balaban J connectivity index is 1.82. The number of aryl methyl sites for hydroxylation is 1. The van der Waals surface area contributed by atoms with Gasteiger partial charge >= 0.3 is 0 Å². The molecule has 1 N–H and O–H groups in total. The predicted octanol–water partition coefficient (Wildman–Crippen LogP) is 5.82. The van der Waals surface area contributed by atoms with Gasteiger partial charge in [0.1, 0.15) is 11.7 Å². The normalized spacial score (nSPS) is 11.8. The zero-order valence-electron chi connectivity index (χ0n) is 17.4. The van der Waals surface area contributed by atoms with Gasteiger partial charge in [0.05, 0.1) is 0 Å². The number of nitrogens with one attached hydrogen (secondary N) is 1. The van der Waals surface area contributed by atoms with E-state index in [0.717, 1.165) is 17.1 Å². The van der Waals surface area contributed by atoms with Crippen LogP contribution in [0.25, 0.3) is 5.69 Å². The highest BCUT2D eigenvalue weighted by Crippen LogP contribution is 2.25. The molecule has 1 aromatic heterocycles. The van der Waals surface area contributed by atoms with E-state index < -0.39 is 11.8 Å². The van der Waals surface area contributed by atoms with Crippen LogP contribution in [-0.4, -0.2) is 22.0 Å². The summed E-state index contributed by atoms with van der Waals surface area (Å²) in [5.74, 6) is -2.23. The maximum atomic E-state index is 13.0. The van der Waals surface area contributed by atoms with Crippen molar-refractivity contribution in [3.8, 4) is 5.69 Å². The highest BCUT2D eigenvalue weighted by Gasteiger charge is 2.28. The van der Waals surface area contributed by atoms with E-state index in [2.05, 4.69) is 5.32 Å². The van der Waals surface area contributed by atoms with Gasteiger partial charge in [-0.1, -0.05) is 23.2 Å². The molecule has 3 aromatic rings. The van der Waals surface area contributed by atoms with Gasteiger partial charge in [0, 0.05) is 44.8 Å². The van der Waals surface area contributed by atoms with Crippen LogP contribution in [-0.2, 0) is 9.59 Å². The largest absolute Gasteiger partial charge is 0.325 e. The molecule has 5 nitrogen and oxygen atoms in total. The maximum Gasteiger partial charge on any atom is 0.235 e. The van der Waals surface area contributed by atoms with Crippen molar-refractivity contribution in [2.24, 2.45) is 5.92 Å². The van der Waals surface area contributed by atoms with Crippen LogP contribution in [0.3, 0.4) is 0 Å². The van der Waals surface area contributed by atoms with E-state index in [1.807, 2.05) is 30.5 Å². The van der Waals surface area contributed by atoms with Gasteiger partial charge in [-0.05, 0) is 75.4 Å². The second-order valence-electron chi connectivity index (χ2n) is 7.38. The van der Waals surface area contributed by atoms with Crippen molar-refractivity contribution >= 4 is 46.4 Å². The molecule has 0 saturated heterocycles. The third kappa shape index (κ3) is 5.24. The summed E-state index contributed by atoms with van der Waals surface area (Å²) in [4.78, 5) is 37.9. The molecule has 0 radical (unpaired) electrons. The van der Waals surface area contributed by atoms with Gasteiger partial charge in [-0.25, -0.2) is 0 Å². The van der Waals surface area contributed by atoms with Crippen molar-refractivity contribution in [1.29, 1.82) is 0 Å². The number of aromatic nitrogens is 1. The number of hydrogen-bond donors (Lipinski definition) is 1. The van der Waals surface area contributed by atoms with E-state index in [-0.39, 0.29) is 18.0 Å². The maximum absolute atomic E-state index is 13.0. The molecular formula is C24H22Cl2N2O3. The van der Waals surface area contributed by atoms with Crippen molar-refractivity contribution in [3.05, 3.63) is 81.6 Å². The van der Waals surface area contributed by atoms with Gasteiger partial charge in [-0.15, -0.1) is 0 Å². The first-order valence-corrected chi connectivity index (χ1v) is 10.5. The Morgan fingerprint density at radius 2 is 1.48 bits per heavy atom. The highest BCUT2D eigenvalue weighted by molar-refractivity contribution is 6.31. The predicted molar refractivity (Wildman–Crippen MR) is 123 cm³/mol. The van der Waals surface area contributed by atoms with Gasteiger partial charge in [0.25, 0.3) is 0 Å². The quantitative estimate of drug-likeness (QED) is 0.359. The number of anilines is 1. The third-order valence-corrected chi connectivity index (χ3v) is 5.63. The van der Waals surface area contributed by atoms with Crippen molar-refractivity contribution in [1.82, 2.24) is 4.57 Å². The Kier molecular flexibility index (Phi) is 6.98. The Hall–Kier alpha value is -2.89. The van der Waals surface area contributed by atoms with Crippen molar-refractivity contribution in [2.45, 2.75) is 27.2 Å². The van der Waals surface area contributed by atoms with Gasteiger partial charge in [0.2, 0.25) is 5.91 Å². The molecule has 1 amide bonds. The number of nitrogens with zero attached hydrogens (tertiary/aromatic N) is 1. The summed E-state index contributed by atoms with van der Waals surface area (Å²) in [6.45, 7) is 5.05. The Labute approximate surface area is 191 Å². The van der Waals surface area contributed by atoms with Crippen LogP contribution >= 0.6 is 23.2 Å². The summed E-state index contributed by atoms with van der Waals surface area (Å²) in [7, 11) is 0. The molecule has 0 aliphatic carbocycles. The lowest BCUT2D eigenvalue weighted by Gasteiger charge is -2.14. The van der Waals surface area contributed by atoms with Gasteiger partial charge in [-0.3, -0.25) is 14.4 Å². The molecule has 0 aliphatic rings. The summed E-state index contributed by atoms with van der Waals surface area (Å²) in [6, 6.07) is 15.6. The van der Waals surface area contributed by atoms with E-state index in [9.17, 15) is 14.4 Å². The molecule has 7 heteroatoms. The number of Topliss-reactive ketones (excluding diaryl/α,β-unsaturated/α-hetero) is 2. The zero-order chi connectivity index (χ0) is 22.7. The summed E-state index contributed by atoms with van der Waals surface area (Å²) in [5.41, 5.74) is 3.48. The lowest BCUT2D eigenvalue weighted by Crippen LogP contribution is -2.30. The molecule has 0 aliphatic heterocycles. The fraction of sp³-hybridized carbons (Fsp3) is 0.208. The monoisotopic (exact) mass is 456 g/mol. The first-order chi connectivity index (χ1) is 14.7. The van der Waals surface area contributed by atoms with E-state index >= 15 is 0 Å². The Bertz CT molecular complexity index is 1130. The number of ketones is 2. The van der Waals surface area contributed by atoms with Crippen LogP contribution in [0, 0.1) is 19.8 Å². The van der Waals surface area contributed by atoms with E-state index in [0.29, 0.717) is 21.3 Å². The van der Waals surface area contributed by atoms with Crippen LogP contribution < -0.4 is 5.32 Å². The average Bonchev–Trinajstić information content (AvgIpc) is 3.02. The lowest BCUT2D eigenvalue weighted by molar-refractivity contribution is -0.129. The number of carbonyl (C=O) groups is 3. The second-order valence-corrected chi connectivity index (χ2v) is 8.26. The molecule has 0 fully saturated rings. The standard InChI is InChI=1S/C24H22Cl2N2O3/c1-14-12-21(15(2)28(14)20-10-6-18(26)7-11-20)23(30)13-22(16(3)29)24(31)27-19-8-4-17(25)5-9-19/h4-12,22H,13H2,1-3H3,(H,27,31)/t22-/m1/s1. The van der Waals surface area contributed by atoms with Crippen LogP contribution in [0.4, 0.5) is 5.69 Å². The molecular weight excluding hydrogens is 435 g/mol. The Morgan fingerprint density at radius 1 is 0.935 bits per heavy atom. The lowest BCUT2D eigenvalue weighted by atomic mass is 9.94. The van der Waals surface area contributed by atoms with Gasteiger partial charge in [-0.2, -0.15) is 0 Å². The summed E-state index contributed by atoms with van der Waals surface area (Å²) in [6.07, 6.45) is -0.209. The number of carbonyl (C=O) groups excluding carboxylic acids is 3. The molecule has 2 aromatic carbocycles. The van der Waals surface area contributed by atoms with E-state index in [4.69, 9.17) is 23.2 Å². The molecule has 31 heavy (non-hydrogen) atoms. The van der Waals surface area contributed by atoms with E-state index in [1.54, 1.807) is 42.5 Å². The van der Waals surface area contributed by atoms with E-state index in [1.165, 1.54) is 6.92 Å². The second kappa shape index (κ2) is 9.50. The Morgan fingerprint density at radius 3 is 2.03 bits per heavy atom. The van der Waals surface area contributed by atoms with Crippen LogP contribution in [0.5, 0.6) is 0 Å². The van der Waals surface area contributed by atoms with Crippen LogP contribution in [0.15, 0.2) is 54.6 Å². The molecule has 0 unspecified atom stereocenters. The summed E-state index contributed by atoms with van der Waals surface area (Å²) in [5, 5.41) is 3.84.